The summed E-state index contributed by atoms with van der Waals surface area (Å²) in [5.41, 5.74) is 1.75. The number of carbonyl (C=O) groups is 2. The highest BCUT2D eigenvalue weighted by molar-refractivity contribution is 5.95. The number of benzene rings is 1. The molecule has 2 heterocycles. The molecular formula is C17H22N2O3. The summed E-state index contributed by atoms with van der Waals surface area (Å²) in [6, 6.07) is 5.73. The zero-order chi connectivity index (χ0) is 15.4. The van der Waals surface area contributed by atoms with E-state index in [2.05, 4.69) is 5.32 Å². The summed E-state index contributed by atoms with van der Waals surface area (Å²) >= 11 is 0. The first-order chi connectivity index (χ1) is 10.7. The van der Waals surface area contributed by atoms with Crippen LogP contribution in [0.4, 0.5) is 5.69 Å². The Kier molecular flexibility index (Phi) is 4.61. The van der Waals surface area contributed by atoms with E-state index >= 15 is 0 Å². The number of nitrogens with one attached hydrogen (secondary N) is 1. The van der Waals surface area contributed by atoms with Crippen LogP contribution in [-0.2, 0) is 16.0 Å². The molecule has 1 aromatic rings. The lowest BCUT2D eigenvalue weighted by molar-refractivity contribution is -0.131. The van der Waals surface area contributed by atoms with Crippen molar-refractivity contribution in [1.29, 1.82) is 0 Å². The molecule has 1 saturated heterocycles. The molecule has 1 aromatic carbocycles. The van der Waals surface area contributed by atoms with Gasteiger partial charge in [-0.2, -0.15) is 0 Å². The molecule has 5 nitrogen and oxygen atoms in total. The minimum atomic E-state index is -0.134. The van der Waals surface area contributed by atoms with Gasteiger partial charge in [0.15, 0.2) is 6.61 Å². The van der Waals surface area contributed by atoms with E-state index in [9.17, 15) is 9.59 Å². The lowest BCUT2D eigenvalue weighted by atomic mass is 10.1. The van der Waals surface area contributed by atoms with Gasteiger partial charge < -0.3 is 15.0 Å². The maximum atomic E-state index is 12.3. The topological polar surface area (TPSA) is 58.6 Å². The van der Waals surface area contributed by atoms with E-state index in [0.717, 1.165) is 31.5 Å². The molecule has 0 atom stereocenters. The van der Waals surface area contributed by atoms with Crippen molar-refractivity contribution in [2.45, 2.75) is 38.5 Å². The molecule has 2 aliphatic rings. The number of fused-ring (bicyclic) bond motifs is 1. The van der Waals surface area contributed by atoms with Crippen LogP contribution in [0.25, 0.3) is 0 Å². The van der Waals surface area contributed by atoms with Crippen molar-refractivity contribution in [2.24, 2.45) is 0 Å². The fourth-order valence-electron chi connectivity index (χ4n) is 3.02. The molecule has 0 spiro atoms. The van der Waals surface area contributed by atoms with Crippen LogP contribution in [0.5, 0.6) is 5.75 Å². The Balaban J connectivity index is 1.58. The standard InChI is InChI=1S/C17H22N2O3/c20-16-12-22-15-7-5-13(11-14(15)18-16)6-8-17(21)19-9-3-1-2-4-10-19/h5,7,11H,1-4,6,8-10,12H2,(H,18,20). The Morgan fingerprint density at radius 3 is 2.73 bits per heavy atom. The van der Waals surface area contributed by atoms with E-state index in [1.165, 1.54) is 12.8 Å². The molecule has 0 aromatic heterocycles. The van der Waals surface area contributed by atoms with Gasteiger partial charge in [0.2, 0.25) is 5.91 Å². The van der Waals surface area contributed by atoms with Gasteiger partial charge in [0, 0.05) is 19.5 Å². The predicted molar refractivity (Wildman–Crippen MR) is 83.9 cm³/mol. The number of rotatable bonds is 3. The Hall–Kier alpha value is -2.04. The smallest absolute Gasteiger partial charge is 0.262 e. The fraction of sp³-hybridized carbons (Fsp3) is 0.529. The molecule has 1 fully saturated rings. The molecule has 22 heavy (non-hydrogen) atoms. The average Bonchev–Trinajstić information content (AvgIpc) is 2.81. The van der Waals surface area contributed by atoms with Crippen molar-refractivity contribution in [1.82, 2.24) is 4.90 Å². The van der Waals surface area contributed by atoms with Gasteiger partial charge >= 0.3 is 0 Å². The lowest BCUT2D eigenvalue weighted by Gasteiger charge is -2.21. The Morgan fingerprint density at radius 2 is 1.95 bits per heavy atom. The van der Waals surface area contributed by atoms with Crippen molar-refractivity contribution in [3.05, 3.63) is 23.8 Å². The largest absolute Gasteiger partial charge is 0.482 e. The number of hydrogen-bond donors (Lipinski definition) is 1. The van der Waals surface area contributed by atoms with E-state index in [1.807, 2.05) is 23.1 Å². The number of aryl methyl sites for hydroxylation is 1. The summed E-state index contributed by atoms with van der Waals surface area (Å²) in [4.78, 5) is 25.6. The number of ether oxygens (including phenoxy) is 1. The summed E-state index contributed by atoms with van der Waals surface area (Å²) in [7, 11) is 0. The lowest BCUT2D eigenvalue weighted by Crippen LogP contribution is -2.32. The Labute approximate surface area is 130 Å². The van der Waals surface area contributed by atoms with Gasteiger partial charge in [-0.05, 0) is 37.0 Å². The van der Waals surface area contributed by atoms with E-state index < -0.39 is 0 Å². The van der Waals surface area contributed by atoms with Gasteiger partial charge in [-0.1, -0.05) is 18.9 Å². The molecule has 5 heteroatoms. The summed E-state index contributed by atoms with van der Waals surface area (Å²) in [5.74, 6) is 0.799. The quantitative estimate of drug-likeness (QED) is 0.932. The normalized spacial score (nSPS) is 18.0. The Morgan fingerprint density at radius 1 is 1.18 bits per heavy atom. The molecule has 0 bridgehead atoms. The molecule has 0 saturated carbocycles. The third-order valence-electron chi connectivity index (χ3n) is 4.26. The molecular weight excluding hydrogens is 280 g/mol. The minimum absolute atomic E-state index is 0.0692. The van der Waals surface area contributed by atoms with E-state index in [1.54, 1.807) is 0 Å². The highest BCUT2D eigenvalue weighted by atomic mass is 16.5. The maximum Gasteiger partial charge on any atom is 0.262 e. The third kappa shape index (κ3) is 3.59. The monoisotopic (exact) mass is 302 g/mol. The molecule has 0 radical (unpaired) electrons. The zero-order valence-electron chi connectivity index (χ0n) is 12.8. The van der Waals surface area contributed by atoms with Gasteiger partial charge in [0.05, 0.1) is 5.69 Å². The summed E-state index contributed by atoms with van der Waals surface area (Å²) < 4.78 is 5.34. The van der Waals surface area contributed by atoms with E-state index in [-0.39, 0.29) is 18.4 Å². The number of carbonyl (C=O) groups excluding carboxylic acids is 2. The van der Waals surface area contributed by atoms with E-state index in [4.69, 9.17) is 4.74 Å². The second-order valence-electron chi connectivity index (χ2n) is 5.96. The van der Waals surface area contributed by atoms with Crippen LogP contribution in [0.1, 0.15) is 37.7 Å². The molecule has 0 unspecified atom stereocenters. The molecule has 3 rings (SSSR count). The number of amides is 2. The van der Waals surface area contributed by atoms with Gasteiger partial charge in [-0.3, -0.25) is 9.59 Å². The molecule has 2 aliphatic heterocycles. The predicted octanol–water partition coefficient (Wildman–Crippen LogP) is 2.35. The van der Waals surface area contributed by atoms with Crippen molar-refractivity contribution >= 4 is 17.5 Å². The Bertz CT molecular complexity index is 563. The number of likely N-dealkylation sites (tertiary alicyclic amines) is 1. The van der Waals surface area contributed by atoms with Crippen LogP contribution in [0, 0.1) is 0 Å². The van der Waals surface area contributed by atoms with Gasteiger partial charge in [-0.15, -0.1) is 0 Å². The zero-order valence-corrected chi connectivity index (χ0v) is 12.8. The van der Waals surface area contributed by atoms with Crippen LogP contribution in [0.3, 0.4) is 0 Å². The van der Waals surface area contributed by atoms with Crippen molar-refractivity contribution < 1.29 is 14.3 Å². The maximum absolute atomic E-state index is 12.3. The SMILES string of the molecule is O=C1COc2ccc(CCC(=O)N3CCCCCC3)cc2N1. The van der Waals surface area contributed by atoms with Crippen molar-refractivity contribution in [3.8, 4) is 5.75 Å². The second-order valence-corrected chi connectivity index (χ2v) is 5.96. The number of anilines is 1. The summed E-state index contributed by atoms with van der Waals surface area (Å²) in [5, 5.41) is 2.80. The van der Waals surface area contributed by atoms with Gasteiger partial charge in [0.1, 0.15) is 5.75 Å². The average molecular weight is 302 g/mol. The van der Waals surface area contributed by atoms with Gasteiger partial charge in [0.25, 0.3) is 5.91 Å². The highest BCUT2D eigenvalue weighted by Gasteiger charge is 2.18. The molecule has 118 valence electrons. The van der Waals surface area contributed by atoms with Crippen molar-refractivity contribution in [2.75, 3.05) is 25.0 Å². The van der Waals surface area contributed by atoms with Crippen LogP contribution in [0.15, 0.2) is 18.2 Å². The second kappa shape index (κ2) is 6.81. The molecule has 1 N–H and O–H groups in total. The van der Waals surface area contributed by atoms with Gasteiger partial charge in [-0.25, -0.2) is 0 Å². The first-order valence-electron chi connectivity index (χ1n) is 8.06. The van der Waals surface area contributed by atoms with Crippen LogP contribution >= 0.6 is 0 Å². The highest BCUT2D eigenvalue weighted by Crippen LogP contribution is 2.28. The fourth-order valence-corrected chi connectivity index (χ4v) is 3.02. The van der Waals surface area contributed by atoms with Crippen LogP contribution in [-0.4, -0.2) is 36.4 Å². The van der Waals surface area contributed by atoms with E-state index in [0.29, 0.717) is 24.3 Å². The number of hydrogen-bond acceptors (Lipinski definition) is 3. The number of nitrogens with zero attached hydrogens (tertiary/aromatic N) is 1. The third-order valence-corrected chi connectivity index (χ3v) is 4.26. The summed E-state index contributed by atoms with van der Waals surface area (Å²) in [6.07, 6.45) is 5.91. The first kappa shape index (κ1) is 14.9. The molecule has 2 amide bonds. The molecule has 0 aliphatic carbocycles. The van der Waals surface area contributed by atoms with Crippen LogP contribution < -0.4 is 10.1 Å². The minimum Gasteiger partial charge on any atom is -0.482 e. The summed E-state index contributed by atoms with van der Waals surface area (Å²) in [6.45, 7) is 1.86. The first-order valence-corrected chi connectivity index (χ1v) is 8.06. The van der Waals surface area contributed by atoms with Crippen molar-refractivity contribution in [3.63, 3.8) is 0 Å². The van der Waals surface area contributed by atoms with Crippen LogP contribution in [0.2, 0.25) is 0 Å².